The summed E-state index contributed by atoms with van der Waals surface area (Å²) in [7, 11) is 1.14. The Morgan fingerprint density at radius 2 is 1.89 bits per heavy atom. The van der Waals surface area contributed by atoms with E-state index in [0.717, 1.165) is 19.2 Å². The number of alkyl halides is 3. The Bertz CT molecular complexity index is 436. The van der Waals surface area contributed by atoms with Crippen molar-refractivity contribution in [2.45, 2.75) is 26.4 Å². The van der Waals surface area contributed by atoms with Crippen molar-refractivity contribution >= 4 is 5.97 Å². The molecule has 0 N–H and O–H groups in total. The molecule has 0 aliphatic carbocycles. The van der Waals surface area contributed by atoms with Gasteiger partial charge >= 0.3 is 12.1 Å². The fourth-order valence-corrected chi connectivity index (χ4v) is 1.68. The molecule has 0 saturated carbocycles. The van der Waals surface area contributed by atoms with E-state index >= 15 is 0 Å². The van der Waals surface area contributed by atoms with E-state index in [1.54, 1.807) is 0 Å². The summed E-state index contributed by atoms with van der Waals surface area (Å²) in [6, 6.07) is 3.34. The maximum absolute atomic E-state index is 12.7. The maximum Gasteiger partial charge on any atom is 0.416 e. The highest BCUT2D eigenvalue weighted by molar-refractivity contribution is 5.89. The lowest BCUT2D eigenvalue weighted by Crippen LogP contribution is -2.10. The Morgan fingerprint density at radius 3 is 2.33 bits per heavy atom. The van der Waals surface area contributed by atoms with Crippen LogP contribution in [0.3, 0.4) is 0 Å². The van der Waals surface area contributed by atoms with E-state index in [9.17, 15) is 18.0 Å². The van der Waals surface area contributed by atoms with Crippen LogP contribution < -0.4 is 0 Å². The number of hydrogen-bond acceptors (Lipinski definition) is 2. The van der Waals surface area contributed by atoms with Gasteiger partial charge < -0.3 is 4.74 Å². The molecule has 0 saturated heterocycles. The molecule has 0 fully saturated rings. The van der Waals surface area contributed by atoms with Crippen LogP contribution in [-0.4, -0.2) is 13.1 Å². The molecule has 0 radical (unpaired) electrons. The van der Waals surface area contributed by atoms with Crippen LogP contribution in [0.1, 0.15) is 35.3 Å². The number of benzene rings is 1. The second-order valence-corrected chi connectivity index (χ2v) is 4.51. The molecule has 1 aromatic carbocycles. The molecule has 0 aliphatic heterocycles. The quantitative estimate of drug-likeness (QED) is 0.775. The number of carbonyl (C=O) groups is 1. The molecule has 5 heteroatoms. The van der Waals surface area contributed by atoms with Gasteiger partial charge in [-0.1, -0.05) is 13.8 Å². The van der Waals surface area contributed by atoms with Crippen LogP contribution in [0.2, 0.25) is 0 Å². The number of hydrogen-bond donors (Lipinski definition) is 0. The first-order chi connectivity index (χ1) is 8.24. The zero-order chi connectivity index (χ0) is 13.9. The van der Waals surface area contributed by atoms with E-state index in [1.807, 2.05) is 13.8 Å². The molecule has 1 aromatic rings. The van der Waals surface area contributed by atoms with E-state index in [-0.39, 0.29) is 11.5 Å². The van der Waals surface area contributed by atoms with Gasteiger partial charge in [0.05, 0.1) is 18.2 Å². The van der Waals surface area contributed by atoms with Gasteiger partial charge in [0.25, 0.3) is 0 Å². The smallest absolute Gasteiger partial charge is 0.416 e. The normalized spacial score (nSPS) is 11.7. The summed E-state index contributed by atoms with van der Waals surface area (Å²) in [5.74, 6) is -0.551. The van der Waals surface area contributed by atoms with Gasteiger partial charge in [-0.05, 0) is 36.1 Å². The zero-order valence-electron chi connectivity index (χ0n) is 10.5. The van der Waals surface area contributed by atoms with Crippen LogP contribution in [0.5, 0.6) is 0 Å². The SMILES string of the molecule is COC(=O)c1cc(CC(C)C)cc(C(F)(F)F)c1. The van der Waals surface area contributed by atoms with Crippen molar-refractivity contribution in [2.75, 3.05) is 7.11 Å². The number of methoxy groups -OCH3 is 1. The molecule has 0 heterocycles. The van der Waals surface area contributed by atoms with Gasteiger partial charge in [0.1, 0.15) is 0 Å². The molecule has 100 valence electrons. The third-order valence-corrected chi connectivity index (χ3v) is 2.39. The third-order valence-electron chi connectivity index (χ3n) is 2.39. The van der Waals surface area contributed by atoms with E-state index in [4.69, 9.17) is 0 Å². The molecule has 0 bridgehead atoms. The van der Waals surface area contributed by atoms with Crippen LogP contribution in [0.25, 0.3) is 0 Å². The van der Waals surface area contributed by atoms with E-state index in [2.05, 4.69) is 4.74 Å². The minimum atomic E-state index is -4.46. The molecule has 0 aliphatic rings. The Labute approximate surface area is 104 Å². The maximum atomic E-state index is 12.7. The van der Waals surface area contributed by atoms with E-state index in [1.165, 1.54) is 6.07 Å². The summed E-state index contributed by atoms with van der Waals surface area (Å²) >= 11 is 0. The van der Waals surface area contributed by atoms with Crippen LogP contribution in [0, 0.1) is 5.92 Å². The number of rotatable bonds is 3. The lowest BCUT2D eigenvalue weighted by atomic mass is 9.98. The number of esters is 1. The Hall–Kier alpha value is -1.52. The standard InChI is InChI=1S/C13H15F3O2/c1-8(2)4-9-5-10(12(17)18-3)7-11(6-9)13(14,15)16/h5-8H,4H2,1-3H3. The molecule has 0 atom stereocenters. The first-order valence-electron chi connectivity index (χ1n) is 5.53. The lowest BCUT2D eigenvalue weighted by molar-refractivity contribution is -0.137. The minimum Gasteiger partial charge on any atom is -0.465 e. The van der Waals surface area contributed by atoms with Gasteiger partial charge in [0.2, 0.25) is 0 Å². The van der Waals surface area contributed by atoms with Gasteiger partial charge in [-0.25, -0.2) is 4.79 Å². The zero-order valence-corrected chi connectivity index (χ0v) is 10.5. The van der Waals surface area contributed by atoms with E-state index in [0.29, 0.717) is 12.0 Å². The number of halogens is 3. The first kappa shape index (κ1) is 14.5. The summed E-state index contributed by atoms with van der Waals surface area (Å²) < 4.78 is 42.6. The van der Waals surface area contributed by atoms with Crippen LogP contribution in [-0.2, 0) is 17.3 Å². The highest BCUT2D eigenvalue weighted by atomic mass is 19.4. The average molecular weight is 260 g/mol. The predicted molar refractivity (Wildman–Crippen MR) is 61.3 cm³/mol. The molecule has 18 heavy (non-hydrogen) atoms. The Kier molecular flexibility index (Phi) is 4.38. The summed E-state index contributed by atoms with van der Waals surface area (Å²) in [4.78, 5) is 11.3. The van der Waals surface area contributed by atoms with Crippen molar-refractivity contribution in [1.82, 2.24) is 0 Å². The van der Waals surface area contributed by atoms with Crippen LogP contribution in [0.15, 0.2) is 18.2 Å². The molecule has 1 rings (SSSR count). The first-order valence-corrected chi connectivity index (χ1v) is 5.53. The monoisotopic (exact) mass is 260 g/mol. The molecule has 0 spiro atoms. The van der Waals surface area contributed by atoms with Crippen molar-refractivity contribution in [3.8, 4) is 0 Å². The highest BCUT2D eigenvalue weighted by Gasteiger charge is 2.31. The molecular formula is C13H15F3O2. The van der Waals surface area contributed by atoms with Crippen LogP contribution >= 0.6 is 0 Å². The predicted octanol–water partition coefficient (Wildman–Crippen LogP) is 3.69. The average Bonchev–Trinajstić information content (AvgIpc) is 2.25. The highest BCUT2D eigenvalue weighted by Crippen LogP contribution is 2.31. The summed E-state index contributed by atoms with van der Waals surface area (Å²) in [6.45, 7) is 3.80. The number of carbonyl (C=O) groups excluding carboxylic acids is 1. The fraction of sp³-hybridized carbons (Fsp3) is 0.462. The van der Waals surface area contributed by atoms with Gasteiger partial charge in [-0.3, -0.25) is 0 Å². The summed E-state index contributed by atoms with van der Waals surface area (Å²) in [5, 5.41) is 0. The molecule has 0 aromatic heterocycles. The van der Waals surface area contributed by atoms with Crippen molar-refractivity contribution in [3.63, 3.8) is 0 Å². The summed E-state index contributed by atoms with van der Waals surface area (Å²) in [6.07, 6.45) is -3.98. The number of ether oxygens (including phenoxy) is 1. The van der Waals surface area contributed by atoms with Gasteiger partial charge in [-0.15, -0.1) is 0 Å². The van der Waals surface area contributed by atoms with Crippen LogP contribution in [0.4, 0.5) is 13.2 Å². The molecule has 0 unspecified atom stereocenters. The molecular weight excluding hydrogens is 245 g/mol. The molecule has 2 nitrogen and oxygen atoms in total. The van der Waals surface area contributed by atoms with Crippen molar-refractivity contribution in [3.05, 3.63) is 34.9 Å². The van der Waals surface area contributed by atoms with Gasteiger partial charge in [0.15, 0.2) is 0 Å². The lowest BCUT2D eigenvalue weighted by Gasteiger charge is -2.12. The largest absolute Gasteiger partial charge is 0.465 e. The Morgan fingerprint density at radius 1 is 1.28 bits per heavy atom. The van der Waals surface area contributed by atoms with Crippen molar-refractivity contribution in [2.24, 2.45) is 5.92 Å². The minimum absolute atomic E-state index is 0.0667. The molecule has 0 amide bonds. The Balaban J connectivity index is 3.24. The topological polar surface area (TPSA) is 26.3 Å². The van der Waals surface area contributed by atoms with Gasteiger partial charge in [0, 0.05) is 0 Å². The van der Waals surface area contributed by atoms with Crippen molar-refractivity contribution < 1.29 is 22.7 Å². The summed E-state index contributed by atoms with van der Waals surface area (Å²) in [5.41, 5.74) is -0.399. The third kappa shape index (κ3) is 3.75. The van der Waals surface area contributed by atoms with Crippen molar-refractivity contribution in [1.29, 1.82) is 0 Å². The second kappa shape index (κ2) is 5.42. The van der Waals surface area contributed by atoms with E-state index < -0.39 is 17.7 Å². The van der Waals surface area contributed by atoms with Gasteiger partial charge in [-0.2, -0.15) is 13.2 Å². The fourth-order valence-electron chi connectivity index (χ4n) is 1.68. The second-order valence-electron chi connectivity index (χ2n) is 4.51.